The lowest BCUT2D eigenvalue weighted by Crippen LogP contribution is -2.61. The molecule has 3 heterocycles. The highest BCUT2D eigenvalue weighted by atomic mass is 19.4. The van der Waals surface area contributed by atoms with Gasteiger partial charge in [-0.1, -0.05) is 6.92 Å². The molecule has 9 nitrogen and oxygen atoms in total. The van der Waals surface area contributed by atoms with E-state index in [1.807, 2.05) is 0 Å². The molecule has 1 aliphatic rings. The van der Waals surface area contributed by atoms with Gasteiger partial charge >= 0.3 is 18.2 Å². The van der Waals surface area contributed by atoms with Crippen molar-refractivity contribution in [3.8, 4) is 0 Å². The van der Waals surface area contributed by atoms with Gasteiger partial charge < -0.3 is 15.7 Å². The molecule has 1 amide bonds. The number of quaternary nitrogens is 1. The molecular weight excluding hydrogens is 391 g/mol. The third-order valence-corrected chi connectivity index (χ3v) is 5.35. The van der Waals surface area contributed by atoms with Crippen LogP contribution in [0.1, 0.15) is 19.5 Å². The monoisotopic (exact) mass is 414 g/mol. The second-order valence-corrected chi connectivity index (χ2v) is 7.44. The van der Waals surface area contributed by atoms with Gasteiger partial charge in [-0.15, -0.1) is 0 Å². The number of aryl methyl sites for hydroxylation is 1. The fourth-order valence-corrected chi connectivity index (χ4v) is 3.81. The van der Waals surface area contributed by atoms with Crippen LogP contribution in [0.4, 0.5) is 35.5 Å². The Bertz CT molecular complexity index is 874. The van der Waals surface area contributed by atoms with E-state index in [1.165, 1.54) is 6.20 Å². The summed E-state index contributed by atoms with van der Waals surface area (Å²) in [6, 6.07) is 0.814. The molecule has 3 rings (SSSR count). The van der Waals surface area contributed by atoms with Crippen LogP contribution < -0.4 is 15.1 Å². The quantitative estimate of drug-likeness (QED) is 0.559. The van der Waals surface area contributed by atoms with Gasteiger partial charge in [-0.25, -0.2) is 9.28 Å². The maximum atomic E-state index is 13.8. The first-order valence-electron chi connectivity index (χ1n) is 9.07. The van der Waals surface area contributed by atoms with Crippen LogP contribution in [0.15, 0.2) is 18.3 Å². The summed E-state index contributed by atoms with van der Waals surface area (Å²) < 4.78 is 40.9. The van der Waals surface area contributed by atoms with Crippen molar-refractivity contribution < 1.29 is 23.1 Å². The number of halogens is 3. The molecule has 0 saturated carbocycles. The highest BCUT2D eigenvalue weighted by Crippen LogP contribution is 2.39. The molecule has 2 aromatic rings. The van der Waals surface area contributed by atoms with E-state index in [2.05, 4.69) is 30.8 Å². The van der Waals surface area contributed by atoms with E-state index in [-0.39, 0.29) is 25.0 Å². The fraction of sp³-hybridized carbons (Fsp3) is 0.529. The molecule has 29 heavy (non-hydrogen) atoms. The molecule has 0 radical (unpaired) electrons. The first kappa shape index (κ1) is 20.8. The molecular formula is C17H23F3N7O2+. The minimum absolute atomic E-state index is 0.00150. The number of carbonyl (C=O) groups is 1. The number of hydrogen-bond donors (Lipinski definition) is 4. The number of amides is 1. The SMILES string of the molecule is Cc1cc(Nc2ccn[nH]2)nc([N+]2(C(C)C(F)(F)F)C[C@@H](C)[C@@H](NC(=O)O)C2)n1. The Hall–Kier alpha value is -2.89. The lowest BCUT2D eigenvalue weighted by Gasteiger charge is -2.38. The van der Waals surface area contributed by atoms with Crippen LogP contribution in [-0.4, -0.2) is 62.7 Å². The zero-order valence-electron chi connectivity index (χ0n) is 16.2. The summed E-state index contributed by atoms with van der Waals surface area (Å²) in [6.07, 6.45) is -4.25. The summed E-state index contributed by atoms with van der Waals surface area (Å²) in [5.41, 5.74) is 0.492. The van der Waals surface area contributed by atoms with Crippen LogP contribution in [0.5, 0.6) is 0 Å². The van der Waals surface area contributed by atoms with Crippen LogP contribution in [0, 0.1) is 12.8 Å². The smallest absolute Gasteiger partial charge is 0.441 e. The first-order valence-corrected chi connectivity index (χ1v) is 9.07. The number of likely N-dealkylation sites (tertiary alicyclic amines) is 1. The van der Waals surface area contributed by atoms with E-state index in [0.29, 0.717) is 17.3 Å². The molecule has 1 fully saturated rings. The van der Waals surface area contributed by atoms with Gasteiger partial charge in [-0.2, -0.15) is 28.2 Å². The van der Waals surface area contributed by atoms with Gasteiger partial charge in [0, 0.05) is 23.7 Å². The van der Waals surface area contributed by atoms with Crippen LogP contribution in [0.25, 0.3) is 0 Å². The Morgan fingerprint density at radius 1 is 1.38 bits per heavy atom. The minimum Gasteiger partial charge on any atom is -0.465 e. The first-order chi connectivity index (χ1) is 13.5. The van der Waals surface area contributed by atoms with Gasteiger partial charge in [0.2, 0.25) is 0 Å². The second kappa shape index (κ2) is 7.50. The molecule has 4 N–H and O–H groups in total. The molecule has 1 saturated heterocycles. The largest absolute Gasteiger partial charge is 0.465 e. The number of aromatic amines is 1. The van der Waals surface area contributed by atoms with Crippen molar-refractivity contribution in [3.63, 3.8) is 0 Å². The van der Waals surface area contributed by atoms with Crippen molar-refractivity contribution in [2.24, 2.45) is 5.92 Å². The van der Waals surface area contributed by atoms with Crippen molar-refractivity contribution in [1.29, 1.82) is 0 Å². The predicted octanol–water partition coefficient (Wildman–Crippen LogP) is 2.80. The Kier molecular flexibility index (Phi) is 5.39. The third kappa shape index (κ3) is 4.26. The second-order valence-electron chi connectivity index (χ2n) is 7.44. The molecule has 0 bridgehead atoms. The normalized spacial score (nSPS) is 25.6. The van der Waals surface area contributed by atoms with E-state index < -0.39 is 28.8 Å². The molecule has 1 aliphatic heterocycles. The van der Waals surface area contributed by atoms with Crippen molar-refractivity contribution >= 4 is 23.7 Å². The maximum Gasteiger partial charge on any atom is 0.441 e. The zero-order chi connectivity index (χ0) is 21.4. The maximum absolute atomic E-state index is 13.8. The van der Waals surface area contributed by atoms with Gasteiger partial charge in [-0.3, -0.25) is 5.10 Å². The minimum atomic E-state index is -4.51. The number of hydrogen-bond acceptors (Lipinski definition) is 5. The number of anilines is 2. The number of nitrogens with one attached hydrogen (secondary N) is 3. The van der Waals surface area contributed by atoms with E-state index in [1.54, 1.807) is 26.0 Å². The third-order valence-electron chi connectivity index (χ3n) is 5.35. The van der Waals surface area contributed by atoms with Gasteiger partial charge in [0.25, 0.3) is 0 Å². The number of alkyl halides is 3. The van der Waals surface area contributed by atoms with E-state index in [4.69, 9.17) is 5.11 Å². The lowest BCUT2D eigenvalue weighted by molar-refractivity contribution is -0.175. The molecule has 12 heteroatoms. The number of carboxylic acid groups (broad SMARTS) is 1. The summed E-state index contributed by atoms with van der Waals surface area (Å²) in [5, 5.41) is 20.9. The van der Waals surface area contributed by atoms with E-state index in [9.17, 15) is 18.0 Å². The Morgan fingerprint density at radius 2 is 2.10 bits per heavy atom. The standard InChI is InChI=1S/C17H22F3N7O2/c1-9-7-27(11(3)17(18,19)20,8-12(9)23-16(28)29)15-22-10(2)6-14(25-15)24-13-4-5-21-26-13/h4-6,9,11-12,23H,7-8H2,1-3H3,(H2-,21,22,24,25,26,28,29)/p+1/t9-,11?,12+,27?/m1/s1. The van der Waals surface area contributed by atoms with Crippen LogP contribution in [0.3, 0.4) is 0 Å². The average Bonchev–Trinajstić information content (AvgIpc) is 3.21. The van der Waals surface area contributed by atoms with Gasteiger partial charge in [-0.05, 0) is 13.8 Å². The molecule has 0 aromatic carbocycles. The Morgan fingerprint density at radius 3 is 2.69 bits per heavy atom. The fourth-order valence-electron chi connectivity index (χ4n) is 3.81. The van der Waals surface area contributed by atoms with Crippen LogP contribution >= 0.6 is 0 Å². The summed E-state index contributed by atoms with van der Waals surface area (Å²) in [5.74, 6) is 0.526. The van der Waals surface area contributed by atoms with Crippen molar-refractivity contribution in [2.75, 3.05) is 18.4 Å². The van der Waals surface area contributed by atoms with E-state index >= 15 is 0 Å². The molecule has 158 valence electrons. The topological polar surface area (TPSA) is 116 Å². The highest BCUT2D eigenvalue weighted by Gasteiger charge is 2.59. The lowest BCUT2D eigenvalue weighted by atomic mass is 10.1. The van der Waals surface area contributed by atoms with Gasteiger partial charge in [0.05, 0.1) is 18.8 Å². The van der Waals surface area contributed by atoms with Crippen LogP contribution in [0.2, 0.25) is 0 Å². The zero-order valence-corrected chi connectivity index (χ0v) is 16.2. The molecule has 4 atom stereocenters. The predicted molar refractivity (Wildman–Crippen MR) is 99.8 cm³/mol. The highest BCUT2D eigenvalue weighted by molar-refractivity contribution is 5.65. The number of H-pyrrole nitrogens is 1. The molecule has 2 unspecified atom stereocenters. The molecule has 0 spiro atoms. The molecule has 0 aliphatic carbocycles. The van der Waals surface area contributed by atoms with Crippen molar-refractivity contribution in [2.45, 2.75) is 39.0 Å². The summed E-state index contributed by atoms with van der Waals surface area (Å²) >= 11 is 0. The summed E-state index contributed by atoms with van der Waals surface area (Å²) in [7, 11) is 0. The molecule has 2 aromatic heterocycles. The Balaban J connectivity index is 2.05. The van der Waals surface area contributed by atoms with Crippen molar-refractivity contribution in [3.05, 3.63) is 24.0 Å². The van der Waals surface area contributed by atoms with Crippen molar-refractivity contribution in [1.82, 2.24) is 30.0 Å². The van der Waals surface area contributed by atoms with Gasteiger partial charge in [0.15, 0.2) is 6.04 Å². The number of aromatic nitrogens is 4. The number of rotatable bonds is 5. The average molecular weight is 414 g/mol. The van der Waals surface area contributed by atoms with Gasteiger partial charge in [0.1, 0.15) is 18.2 Å². The summed E-state index contributed by atoms with van der Waals surface area (Å²) in [4.78, 5) is 19.8. The number of nitrogens with zero attached hydrogens (tertiary/aromatic N) is 4. The Labute approximate surface area is 164 Å². The summed E-state index contributed by atoms with van der Waals surface area (Å²) in [6.45, 7) is 4.44. The van der Waals surface area contributed by atoms with E-state index in [0.717, 1.165) is 6.92 Å². The van der Waals surface area contributed by atoms with Crippen LogP contribution in [-0.2, 0) is 0 Å².